The van der Waals surface area contributed by atoms with Crippen LogP contribution in [0.4, 0.5) is 10.1 Å². The third-order valence-electron chi connectivity index (χ3n) is 3.70. The molecule has 2 aromatic rings. The summed E-state index contributed by atoms with van der Waals surface area (Å²) in [5.41, 5.74) is 2.70. The molecule has 1 aliphatic heterocycles. The zero-order chi connectivity index (χ0) is 14.8. The number of carbonyl (C=O) groups is 1. The van der Waals surface area contributed by atoms with Gasteiger partial charge in [0, 0.05) is 17.6 Å². The summed E-state index contributed by atoms with van der Waals surface area (Å²) in [4.78, 5) is 18.7. The van der Waals surface area contributed by atoms with E-state index in [-0.39, 0.29) is 11.7 Å². The van der Waals surface area contributed by atoms with Gasteiger partial charge in [-0.15, -0.1) is 11.3 Å². The first-order valence-corrected chi connectivity index (χ1v) is 8.11. The Balaban J connectivity index is 1.79. The lowest BCUT2D eigenvalue weighted by molar-refractivity contribution is 0.0989. The minimum atomic E-state index is -0.251. The van der Waals surface area contributed by atoms with E-state index in [1.54, 1.807) is 11.0 Å². The van der Waals surface area contributed by atoms with Crippen molar-refractivity contribution in [2.24, 2.45) is 0 Å². The number of fused-ring (bicyclic) bond motifs is 1. The highest BCUT2D eigenvalue weighted by Crippen LogP contribution is 2.30. The summed E-state index contributed by atoms with van der Waals surface area (Å²) in [6.45, 7) is 2.74. The molecule has 5 heteroatoms. The minimum absolute atomic E-state index is 0.0758. The summed E-state index contributed by atoms with van der Waals surface area (Å²) in [6.07, 6.45) is 3.82. The number of aryl methyl sites for hydroxylation is 1. The van der Waals surface area contributed by atoms with Gasteiger partial charge in [0.1, 0.15) is 5.82 Å². The molecule has 0 atom stereocenters. The lowest BCUT2D eigenvalue weighted by Crippen LogP contribution is -2.28. The molecule has 0 radical (unpaired) electrons. The maximum atomic E-state index is 13.2. The minimum Gasteiger partial charge on any atom is -0.306 e. The van der Waals surface area contributed by atoms with Crippen LogP contribution in [-0.2, 0) is 12.8 Å². The van der Waals surface area contributed by atoms with Gasteiger partial charge in [-0.3, -0.25) is 4.79 Å². The van der Waals surface area contributed by atoms with Crippen molar-refractivity contribution in [2.75, 3.05) is 11.4 Å². The summed E-state index contributed by atoms with van der Waals surface area (Å²) in [5.74, 6) is -0.327. The Bertz CT molecular complexity index is 668. The molecule has 110 valence electrons. The van der Waals surface area contributed by atoms with Gasteiger partial charge in [-0.2, -0.15) is 0 Å². The van der Waals surface area contributed by atoms with Crippen molar-refractivity contribution in [1.29, 1.82) is 0 Å². The second-order valence-electron chi connectivity index (χ2n) is 5.23. The number of rotatable bonds is 4. The van der Waals surface area contributed by atoms with E-state index >= 15 is 0 Å². The number of thiazole rings is 1. The monoisotopic (exact) mass is 304 g/mol. The fourth-order valence-corrected chi connectivity index (χ4v) is 3.37. The number of hydrogen-bond donors (Lipinski definition) is 0. The van der Waals surface area contributed by atoms with Crippen molar-refractivity contribution in [3.63, 3.8) is 0 Å². The van der Waals surface area contributed by atoms with Gasteiger partial charge < -0.3 is 4.90 Å². The molecule has 3 rings (SSSR count). The van der Waals surface area contributed by atoms with Crippen LogP contribution in [0.5, 0.6) is 0 Å². The molecule has 1 amide bonds. The molecular weight excluding hydrogens is 287 g/mol. The van der Waals surface area contributed by atoms with Gasteiger partial charge >= 0.3 is 0 Å². The number of halogens is 1. The first-order chi connectivity index (χ1) is 10.2. The largest absolute Gasteiger partial charge is 0.306 e. The van der Waals surface area contributed by atoms with Crippen LogP contribution >= 0.6 is 11.3 Å². The first-order valence-electron chi connectivity index (χ1n) is 7.23. The molecule has 1 aromatic carbocycles. The number of hydrogen-bond acceptors (Lipinski definition) is 3. The molecule has 0 spiro atoms. The van der Waals surface area contributed by atoms with E-state index in [9.17, 15) is 9.18 Å². The Labute approximate surface area is 127 Å². The summed E-state index contributed by atoms with van der Waals surface area (Å²) in [6, 6.07) is 4.59. The number of benzene rings is 1. The van der Waals surface area contributed by atoms with Gasteiger partial charge in [0.05, 0.1) is 5.69 Å². The van der Waals surface area contributed by atoms with Crippen LogP contribution in [0.15, 0.2) is 23.6 Å². The summed E-state index contributed by atoms with van der Waals surface area (Å²) < 4.78 is 13.2. The number of nitrogens with zero attached hydrogens (tertiary/aromatic N) is 2. The molecule has 1 aromatic heterocycles. The lowest BCUT2D eigenvalue weighted by Gasteiger charge is -2.15. The van der Waals surface area contributed by atoms with Crippen LogP contribution in [-0.4, -0.2) is 17.4 Å². The van der Waals surface area contributed by atoms with Gasteiger partial charge in [-0.1, -0.05) is 13.3 Å². The second kappa shape index (κ2) is 5.93. The summed E-state index contributed by atoms with van der Waals surface area (Å²) >= 11 is 1.40. The Morgan fingerprint density at radius 1 is 1.48 bits per heavy atom. The summed E-state index contributed by atoms with van der Waals surface area (Å²) in [5, 5.41) is 2.49. The molecule has 0 unspecified atom stereocenters. The molecule has 0 bridgehead atoms. The third kappa shape index (κ3) is 2.83. The average molecular weight is 304 g/mol. The molecule has 0 saturated heterocycles. The Hall–Kier alpha value is -1.75. The van der Waals surface area contributed by atoms with E-state index in [4.69, 9.17) is 0 Å². The highest BCUT2D eigenvalue weighted by molar-refractivity contribution is 7.11. The van der Waals surface area contributed by atoms with E-state index in [0.29, 0.717) is 18.0 Å². The number of carbonyl (C=O) groups excluding carboxylic acids is 1. The van der Waals surface area contributed by atoms with Crippen LogP contribution in [0, 0.1) is 5.82 Å². The highest BCUT2D eigenvalue weighted by atomic mass is 32.1. The average Bonchev–Trinajstić information content (AvgIpc) is 3.10. The van der Waals surface area contributed by atoms with Crippen molar-refractivity contribution < 1.29 is 9.18 Å². The predicted molar refractivity (Wildman–Crippen MR) is 82.5 cm³/mol. The molecule has 1 aliphatic rings. The van der Waals surface area contributed by atoms with E-state index < -0.39 is 0 Å². The van der Waals surface area contributed by atoms with E-state index in [2.05, 4.69) is 11.9 Å². The molecule has 0 saturated carbocycles. The van der Waals surface area contributed by atoms with Gasteiger partial charge in [0.15, 0.2) is 5.01 Å². The van der Waals surface area contributed by atoms with Crippen molar-refractivity contribution in [3.8, 4) is 0 Å². The van der Waals surface area contributed by atoms with Gasteiger partial charge in [0.25, 0.3) is 5.91 Å². The predicted octanol–water partition coefficient (Wildman–Crippen LogP) is 3.83. The van der Waals surface area contributed by atoms with Crippen LogP contribution in [0.2, 0.25) is 0 Å². The second-order valence-corrected chi connectivity index (χ2v) is 6.09. The topological polar surface area (TPSA) is 33.2 Å². The number of unbranched alkanes of at least 4 members (excludes halogenated alkanes) is 1. The zero-order valence-corrected chi connectivity index (χ0v) is 12.8. The Morgan fingerprint density at radius 2 is 2.33 bits per heavy atom. The normalized spacial score (nSPS) is 13.5. The summed E-state index contributed by atoms with van der Waals surface area (Å²) in [7, 11) is 0. The molecular formula is C16H17FN2OS. The van der Waals surface area contributed by atoms with Gasteiger partial charge in [-0.25, -0.2) is 9.37 Å². The van der Waals surface area contributed by atoms with Crippen molar-refractivity contribution in [1.82, 2.24) is 4.98 Å². The van der Waals surface area contributed by atoms with E-state index in [1.807, 2.05) is 5.38 Å². The van der Waals surface area contributed by atoms with Crippen molar-refractivity contribution in [2.45, 2.75) is 32.6 Å². The highest BCUT2D eigenvalue weighted by Gasteiger charge is 2.27. The number of aromatic nitrogens is 1. The third-order valence-corrected chi connectivity index (χ3v) is 4.58. The standard InChI is InChI=1S/C16H17FN2OS/c1-2-3-4-13-10-21-15(18-13)16(20)19-8-7-11-9-12(17)5-6-14(11)19/h5-6,9-10H,2-4,7-8H2,1H3. The molecule has 2 heterocycles. The van der Waals surface area contributed by atoms with Crippen molar-refractivity contribution in [3.05, 3.63) is 45.7 Å². The van der Waals surface area contributed by atoms with Gasteiger partial charge in [-0.05, 0) is 43.0 Å². The van der Waals surface area contributed by atoms with Crippen molar-refractivity contribution >= 4 is 22.9 Å². The van der Waals surface area contributed by atoms with Crippen LogP contribution in [0.1, 0.15) is 40.8 Å². The van der Waals surface area contributed by atoms with E-state index in [0.717, 1.165) is 36.2 Å². The molecule has 21 heavy (non-hydrogen) atoms. The fraction of sp³-hybridized carbons (Fsp3) is 0.375. The van der Waals surface area contributed by atoms with Crippen LogP contribution in [0.25, 0.3) is 0 Å². The molecule has 0 aliphatic carbocycles. The molecule has 3 nitrogen and oxygen atoms in total. The quantitative estimate of drug-likeness (QED) is 0.860. The van der Waals surface area contributed by atoms with Gasteiger partial charge in [0.2, 0.25) is 0 Å². The number of amides is 1. The molecule has 0 N–H and O–H groups in total. The SMILES string of the molecule is CCCCc1csc(C(=O)N2CCc3cc(F)ccc32)n1. The smallest absolute Gasteiger partial charge is 0.287 e. The van der Waals surface area contributed by atoms with Crippen LogP contribution < -0.4 is 4.90 Å². The number of anilines is 1. The zero-order valence-electron chi connectivity index (χ0n) is 11.9. The first kappa shape index (κ1) is 14.2. The van der Waals surface area contributed by atoms with E-state index in [1.165, 1.54) is 23.5 Å². The lowest BCUT2D eigenvalue weighted by atomic mass is 10.2. The molecule has 0 fully saturated rings. The van der Waals surface area contributed by atoms with Crippen LogP contribution in [0.3, 0.4) is 0 Å². The Morgan fingerprint density at radius 3 is 3.14 bits per heavy atom. The maximum Gasteiger partial charge on any atom is 0.287 e. The maximum absolute atomic E-state index is 13.2. The Kier molecular flexibility index (Phi) is 4.01. The fourth-order valence-electron chi connectivity index (χ4n) is 2.57.